The van der Waals surface area contributed by atoms with Gasteiger partial charge in [-0.25, -0.2) is 0 Å². The van der Waals surface area contributed by atoms with Crippen LogP contribution in [0.4, 0.5) is 0 Å². The molecule has 0 spiro atoms. The predicted molar refractivity (Wildman–Crippen MR) is 105 cm³/mol. The van der Waals surface area contributed by atoms with Crippen molar-refractivity contribution in [2.45, 2.75) is 26.8 Å². The highest BCUT2D eigenvalue weighted by Crippen LogP contribution is 2.24. The zero-order valence-electron chi connectivity index (χ0n) is 15.9. The largest absolute Gasteiger partial charge is 0.497 e. The third kappa shape index (κ3) is 5.66. The van der Waals surface area contributed by atoms with Gasteiger partial charge in [-0.1, -0.05) is 38.1 Å². The van der Waals surface area contributed by atoms with Crippen molar-refractivity contribution in [1.82, 2.24) is 5.32 Å². The quantitative estimate of drug-likeness (QED) is 0.705. The van der Waals surface area contributed by atoms with E-state index in [1.165, 1.54) is 0 Å². The third-order valence-corrected chi connectivity index (χ3v) is 4.06. The average molecular weight is 353 g/mol. The summed E-state index contributed by atoms with van der Waals surface area (Å²) in [5.74, 6) is 1.78. The number of nitrogens with one attached hydrogen (secondary N) is 1. The van der Waals surface area contributed by atoms with Crippen LogP contribution in [0.15, 0.2) is 54.6 Å². The number of hydrogen-bond acceptors (Lipinski definition) is 3. The Morgan fingerprint density at radius 3 is 2.19 bits per heavy atom. The van der Waals surface area contributed by atoms with Gasteiger partial charge in [-0.3, -0.25) is 4.79 Å². The van der Waals surface area contributed by atoms with E-state index in [0.29, 0.717) is 6.61 Å². The van der Waals surface area contributed by atoms with Crippen molar-refractivity contribution in [2.24, 2.45) is 5.92 Å². The average Bonchev–Trinajstić information content (AvgIpc) is 2.66. The van der Waals surface area contributed by atoms with E-state index in [0.717, 1.165) is 22.6 Å². The monoisotopic (exact) mass is 353 g/mol. The maximum absolute atomic E-state index is 12.3. The van der Waals surface area contributed by atoms with Gasteiger partial charge >= 0.3 is 0 Å². The SMILES string of the molecule is CCOc1ccc(/C=C/C(=O)NC(c2ccc(OC)cc2)C(C)C)cc1. The number of carbonyl (C=O) groups is 1. The molecular weight excluding hydrogens is 326 g/mol. The van der Waals surface area contributed by atoms with Crippen molar-refractivity contribution in [3.63, 3.8) is 0 Å². The highest BCUT2D eigenvalue weighted by molar-refractivity contribution is 5.92. The number of rotatable bonds is 8. The summed E-state index contributed by atoms with van der Waals surface area (Å²) >= 11 is 0. The van der Waals surface area contributed by atoms with Crippen molar-refractivity contribution in [3.05, 3.63) is 65.7 Å². The molecule has 4 heteroatoms. The molecule has 0 radical (unpaired) electrons. The minimum absolute atomic E-state index is 0.0570. The normalized spacial score (nSPS) is 12.2. The van der Waals surface area contributed by atoms with Crippen molar-refractivity contribution in [2.75, 3.05) is 13.7 Å². The molecule has 0 fully saturated rings. The fraction of sp³-hybridized carbons (Fsp3) is 0.318. The summed E-state index contributed by atoms with van der Waals surface area (Å²) in [5, 5.41) is 3.08. The highest BCUT2D eigenvalue weighted by atomic mass is 16.5. The van der Waals surface area contributed by atoms with E-state index < -0.39 is 0 Å². The Labute approximate surface area is 155 Å². The highest BCUT2D eigenvalue weighted by Gasteiger charge is 2.17. The topological polar surface area (TPSA) is 47.6 Å². The number of hydrogen-bond donors (Lipinski definition) is 1. The molecule has 2 aromatic carbocycles. The Kier molecular flexibility index (Phi) is 7.27. The van der Waals surface area contributed by atoms with Gasteiger partial charge in [0, 0.05) is 6.08 Å². The first-order valence-electron chi connectivity index (χ1n) is 8.89. The van der Waals surface area contributed by atoms with Crippen molar-refractivity contribution in [1.29, 1.82) is 0 Å². The van der Waals surface area contributed by atoms with Crippen LogP contribution in [-0.4, -0.2) is 19.6 Å². The van der Waals surface area contributed by atoms with Gasteiger partial charge in [-0.15, -0.1) is 0 Å². The third-order valence-electron chi connectivity index (χ3n) is 4.06. The van der Waals surface area contributed by atoms with Crippen molar-refractivity contribution >= 4 is 12.0 Å². The first-order chi connectivity index (χ1) is 12.5. The van der Waals surface area contributed by atoms with E-state index in [1.54, 1.807) is 19.3 Å². The van der Waals surface area contributed by atoms with Crippen LogP contribution in [0.3, 0.4) is 0 Å². The Balaban J connectivity index is 2.02. The van der Waals surface area contributed by atoms with Gasteiger partial charge in [0.15, 0.2) is 0 Å². The van der Waals surface area contributed by atoms with E-state index in [2.05, 4.69) is 19.2 Å². The van der Waals surface area contributed by atoms with E-state index in [4.69, 9.17) is 9.47 Å². The van der Waals surface area contributed by atoms with E-state index >= 15 is 0 Å². The number of methoxy groups -OCH3 is 1. The Morgan fingerprint density at radius 1 is 1.04 bits per heavy atom. The molecule has 138 valence electrons. The van der Waals surface area contributed by atoms with Gasteiger partial charge in [0.1, 0.15) is 11.5 Å². The van der Waals surface area contributed by atoms with Crippen LogP contribution in [0.5, 0.6) is 11.5 Å². The van der Waals surface area contributed by atoms with Crippen LogP contribution >= 0.6 is 0 Å². The van der Waals surface area contributed by atoms with Crippen LogP contribution < -0.4 is 14.8 Å². The molecule has 1 unspecified atom stereocenters. The molecule has 2 aromatic rings. The molecule has 0 aromatic heterocycles. The molecule has 0 heterocycles. The molecule has 4 nitrogen and oxygen atoms in total. The minimum atomic E-state index is -0.117. The lowest BCUT2D eigenvalue weighted by Crippen LogP contribution is -2.30. The molecule has 0 bridgehead atoms. The summed E-state index contributed by atoms with van der Waals surface area (Å²) < 4.78 is 10.6. The summed E-state index contributed by atoms with van der Waals surface area (Å²) in [5.41, 5.74) is 2.01. The second-order valence-corrected chi connectivity index (χ2v) is 6.34. The maximum atomic E-state index is 12.3. The summed E-state index contributed by atoms with van der Waals surface area (Å²) in [6, 6.07) is 15.4. The zero-order valence-corrected chi connectivity index (χ0v) is 15.9. The van der Waals surface area contributed by atoms with E-state index in [1.807, 2.05) is 55.5 Å². The van der Waals surface area contributed by atoms with Crippen molar-refractivity contribution < 1.29 is 14.3 Å². The van der Waals surface area contributed by atoms with Crippen LogP contribution in [-0.2, 0) is 4.79 Å². The van der Waals surface area contributed by atoms with E-state index in [-0.39, 0.29) is 17.9 Å². The summed E-state index contributed by atoms with van der Waals surface area (Å²) in [6.07, 6.45) is 3.37. The van der Waals surface area contributed by atoms with E-state index in [9.17, 15) is 4.79 Å². The zero-order chi connectivity index (χ0) is 18.9. The number of benzene rings is 2. The Hall–Kier alpha value is -2.75. The summed E-state index contributed by atoms with van der Waals surface area (Å²) in [6.45, 7) is 6.77. The van der Waals surface area contributed by atoms with Gasteiger partial charge < -0.3 is 14.8 Å². The Morgan fingerprint density at radius 2 is 1.65 bits per heavy atom. The Bertz CT molecular complexity index is 718. The molecule has 1 N–H and O–H groups in total. The number of carbonyl (C=O) groups excluding carboxylic acids is 1. The second-order valence-electron chi connectivity index (χ2n) is 6.34. The van der Waals surface area contributed by atoms with Crippen LogP contribution in [0.1, 0.15) is 37.9 Å². The molecular formula is C22H27NO3. The van der Waals surface area contributed by atoms with Gasteiger partial charge in [-0.05, 0) is 54.3 Å². The number of ether oxygens (including phenoxy) is 2. The fourth-order valence-electron chi connectivity index (χ4n) is 2.66. The fourth-order valence-corrected chi connectivity index (χ4v) is 2.66. The predicted octanol–water partition coefficient (Wildman–Crippen LogP) is 4.62. The molecule has 0 saturated heterocycles. The molecule has 0 aliphatic carbocycles. The minimum Gasteiger partial charge on any atom is -0.497 e. The summed E-state index contributed by atoms with van der Waals surface area (Å²) in [7, 11) is 1.64. The number of amides is 1. The molecule has 0 saturated carbocycles. The molecule has 26 heavy (non-hydrogen) atoms. The van der Waals surface area contributed by atoms with Crippen molar-refractivity contribution in [3.8, 4) is 11.5 Å². The molecule has 2 rings (SSSR count). The maximum Gasteiger partial charge on any atom is 0.244 e. The molecule has 0 aliphatic rings. The van der Waals surface area contributed by atoms with Gasteiger partial charge in [0.05, 0.1) is 19.8 Å². The molecule has 1 atom stereocenters. The van der Waals surface area contributed by atoms with Crippen LogP contribution in [0, 0.1) is 5.92 Å². The lowest BCUT2D eigenvalue weighted by molar-refractivity contribution is -0.117. The molecule has 0 aliphatic heterocycles. The molecule has 1 amide bonds. The van der Waals surface area contributed by atoms with Gasteiger partial charge in [0.2, 0.25) is 5.91 Å². The lowest BCUT2D eigenvalue weighted by atomic mass is 9.96. The van der Waals surface area contributed by atoms with Gasteiger partial charge in [-0.2, -0.15) is 0 Å². The smallest absolute Gasteiger partial charge is 0.244 e. The van der Waals surface area contributed by atoms with Crippen LogP contribution in [0.2, 0.25) is 0 Å². The van der Waals surface area contributed by atoms with Crippen LogP contribution in [0.25, 0.3) is 6.08 Å². The lowest BCUT2D eigenvalue weighted by Gasteiger charge is -2.22. The first-order valence-corrected chi connectivity index (χ1v) is 8.89. The first kappa shape index (κ1) is 19.6. The second kappa shape index (κ2) is 9.66. The standard InChI is InChI=1S/C22H27NO3/c1-5-26-20-11-6-17(7-12-20)8-15-21(24)23-22(16(2)3)18-9-13-19(25-4)14-10-18/h6-16,22H,5H2,1-4H3,(H,23,24)/b15-8+. The van der Waals surface area contributed by atoms with Gasteiger partial charge in [0.25, 0.3) is 0 Å². The summed E-state index contributed by atoms with van der Waals surface area (Å²) in [4.78, 5) is 12.3.